The van der Waals surface area contributed by atoms with Crippen molar-refractivity contribution in [1.82, 2.24) is 10.2 Å². The fourth-order valence-corrected chi connectivity index (χ4v) is 2.53. The lowest BCUT2D eigenvalue weighted by molar-refractivity contribution is 0.105. The highest BCUT2D eigenvalue weighted by molar-refractivity contribution is 9.10. The summed E-state index contributed by atoms with van der Waals surface area (Å²) < 4.78 is 0.984. The van der Waals surface area contributed by atoms with Crippen LogP contribution in [0.2, 0.25) is 0 Å². The van der Waals surface area contributed by atoms with Crippen LogP contribution in [0.3, 0.4) is 0 Å². The van der Waals surface area contributed by atoms with E-state index in [1.54, 1.807) is 0 Å². The Hall–Kier alpha value is -0.420. The number of nitrogens with zero attached hydrogens (tertiary/aromatic N) is 1. The van der Waals surface area contributed by atoms with Crippen molar-refractivity contribution in [3.63, 3.8) is 0 Å². The fourth-order valence-electron chi connectivity index (χ4n) is 1.98. The topological polar surface area (TPSA) is 35.5 Å². The third-order valence-corrected chi connectivity index (χ3v) is 3.63. The summed E-state index contributed by atoms with van der Waals surface area (Å²) >= 11 is 3.47. The van der Waals surface area contributed by atoms with E-state index in [4.69, 9.17) is 0 Å². The van der Waals surface area contributed by atoms with Gasteiger partial charge in [0.15, 0.2) is 0 Å². The first-order chi connectivity index (χ1) is 7.77. The Bertz CT molecular complexity index is 340. The first kappa shape index (κ1) is 12.0. The predicted octanol–water partition coefficient (Wildman–Crippen LogP) is 1.39. The molecule has 1 aromatic carbocycles. The molecule has 0 aliphatic carbocycles. The van der Waals surface area contributed by atoms with Crippen LogP contribution in [-0.2, 0) is 0 Å². The van der Waals surface area contributed by atoms with Gasteiger partial charge in [0.2, 0.25) is 0 Å². The minimum Gasteiger partial charge on any atom is -0.387 e. The van der Waals surface area contributed by atoms with Gasteiger partial charge in [-0.3, -0.25) is 4.90 Å². The second kappa shape index (κ2) is 5.77. The number of β-amino-alcohol motifs (C(OH)–C–C–N with tert-alkyl or cyclic N) is 1. The lowest BCUT2D eigenvalue weighted by atomic mass is 10.1. The molecular weight excluding hydrogens is 268 g/mol. The van der Waals surface area contributed by atoms with E-state index in [1.807, 2.05) is 24.3 Å². The maximum Gasteiger partial charge on any atom is 0.0927 e. The average molecular weight is 285 g/mol. The molecule has 4 heteroatoms. The molecule has 1 heterocycles. The van der Waals surface area contributed by atoms with Crippen molar-refractivity contribution in [2.45, 2.75) is 6.10 Å². The first-order valence-electron chi connectivity index (χ1n) is 5.63. The lowest BCUT2D eigenvalue weighted by Gasteiger charge is -2.29. The largest absolute Gasteiger partial charge is 0.387 e. The van der Waals surface area contributed by atoms with Crippen molar-refractivity contribution in [2.24, 2.45) is 0 Å². The van der Waals surface area contributed by atoms with Gasteiger partial charge >= 0.3 is 0 Å². The molecule has 0 saturated carbocycles. The van der Waals surface area contributed by atoms with Gasteiger partial charge in [0.25, 0.3) is 0 Å². The van der Waals surface area contributed by atoms with Crippen LogP contribution in [0, 0.1) is 0 Å². The highest BCUT2D eigenvalue weighted by atomic mass is 79.9. The smallest absolute Gasteiger partial charge is 0.0927 e. The number of nitrogens with one attached hydrogen (secondary N) is 1. The van der Waals surface area contributed by atoms with Crippen LogP contribution in [0.1, 0.15) is 11.7 Å². The van der Waals surface area contributed by atoms with Crippen LogP contribution >= 0.6 is 15.9 Å². The Balaban J connectivity index is 1.96. The van der Waals surface area contributed by atoms with Crippen LogP contribution in [0.4, 0.5) is 0 Å². The van der Waals surface area contributed by atoms with E-state index < -0.39 is 6.10 Å². The second-order valence-electron chi connectivity index (χ2n) is 4.09. The number of hydrogen-bond donors (Lipinski definition) is 2. The standard InChI is InChI=1S/C12H17BrN2O/c13-11-4-2-1-3-10(11)12(16)9-15-7-5-14-6-8-15/h1-4,12,14,16H,5-9H2. The van der Waals surface area contributed by atoms with Gasteiger partial charge in [0.05, 0.1) is 6.10 Å². The van der Waals surface area contributed by atoms with E-state index in [1.165, 1.54) is 0 Å². The highest BCUT2D eigenvalue weighted by Crippen LogP contribution is 2.23. The SMILES string of the molecule is OC(CN1CCNCC1)c1ccccc1Br. The van der Waals surface area contributed by atoms with Crippen LogP contribution in [0.15, 0.2) is 28.7 Å². The molecule has 88 valence electrons. The Labute approximate surface area is 105 Å². The summed E-state index contributed by atoms with van der Waals surface area (Å²) in [5.41, 5.74) is 0.973. The van der Waals surface area contributed by atoms with Crippen molar-refractivity contribution < 1.29 is 5.11 Å². The summed E-state index contributed by atoms with van der Waals surface area (Å²) in [4.78, 5) is 2.29. The summed E-state index contributed by atoms with van der Waals surface area (Å²) in [7, 11) is 0. The monoisotopic (exact) mass is 284 g/mol. The molecular formula is C12H17BrN2O. The Morgan fingerprint density at radius 2 is 2.00 bits per heavy atom. The Kier molecular flexibility index (Phi) is 4.35. The summed E-state index contributed by atoms with van der Waals surface area (Å²) in [5, 5.41) is 13.5. The molecule has 1 unspecified atom stereocenters. The van der Waals surface area contributed by atoms with Gasteiger partial charge in [-0.15, -0.1) is 0 Å². The van der Waals surface area contributed by atoms with Gasteiger partial charge in [0.1, 0.15) is 0 Å². The maximum atomic E-state index is 10.2. The zero-order chi connectivity index (χ0) is 11.4. The fraction of sp³-hybridized carbons (Fsp3) is 0.500. The molecule has 2 rings (SSSR count). The van der Waals surface area contributed by atoms with Crippen LogP contribution in [0.5, 0.6) is 0 Å². The zero-order valence-corrected chi connectivity index (χ0v) is 10.8. The molecule has 1 atom stereocenters. The maximum absolute atomic E-state index is 10.2. The molecule has 1 saturated heterocycles. The van der Waals surface area contributed by atoms with Crippen molar-refractivity contribution in [2.75, 3.05) is 32.7 Å². The van der Waals surface area contributed by atoms with E-state index in [2.05, 4.69) is 26.1 Å². The molecule has 1 fully saturated rings. The first-order valence-corrected chi connectivity index (χ1v) is 6.42. The molecule has 16 heavy (non-hydrogen) atoms. The van der Waals surface area contributed by atoms with Crippen molar-refractivity contribution >= 4 is 15.9 Å². The normalized spacial score (nSPS) is 19.6. The van der Waals surface area contributed by atoms with Gasteiger partial charge < -0.3 is 10.4 Å². The molecule has 0 aromatic heterocycles. The van der Waals surface area contributed by atoms with Gasteiger partial charge in [-0.2, -0.15) is 0 Å². The summed E-state index contributed by atoms with van der Waals surface area (Å²) in [6.45, 7) is 4.78. The summed E-state index contributed by atoms with van der Waals surface area (Å²) in [5.74, 6) is 0. The van der Waals surface area contributed by atoms with Gasteiger partial charge in [-0.05, 0) is 11.6 Å². The summed E-state index contributed by atoms with van der Waals surface area (Å²) in [6, 6.07) is 7.86. The molecule has 2 N–H and O–H groups in total. The lowest BCUT2D eigenvalue weighted by Crippen LogP contribution is -2.45. The second-order valence-corrected chi connectivity index (χ2v) is 4.94. The number of rotatable bonds is 3. The molecule has 3 nitrogen and oxygen atoms in total. The number of halogens is 1. The third-order valence-electron chi connectivity index (χ3n) is 2.90. The minimum atomic E-state index is -0.409. The molecule has 1 aliphatic heterocycles. The van der Waals surface area contributed by atoms with E-state index >= 15 is 0 Å². The van der Waals surface area contributed by atoms with Gasteiger partial charge in [-0.1, -0.05) is 34.1 Å². The number of benzene rings is 1. The van der Waals surface area contributed by atoms with Gasteiger partial charge in [-0.25, -0.2) is 0 Å². The molecule has 0 spiro atoms. The van der Waals surface area contributed by atoms with Crippen molar-refractivity contribution in [1.29, 1.82) is 0 Å². The minimum absolute atomic E-state index is 0.409. The highest BCUT2D eigenvalue weighted by Gasteiger charge is 2.16. The van der Waals surface area contributed by atoms with E-state index in [-0.39, 0.29) is 0 Å². The van der Waals surface area contributed by atoms with Crippen LogP contribution in [0.25, 0.3) is 0 Å². The number of hydrogen-bond acceptors (Lipinski definition) is 3. The molecule has 0 bridgehead atoms. The Morgan fingerprint density at radius 1 is 1.31 bits per heavy atom. The van der Waals surface area contributed by atoms with E-state index in [0.29, 0.717) is 6.54 Å². The quantitative estimate of drug-likeness (QED) is 0.881. The number of aliphatic hydroxyl groups excluding tert-OH is 1. The number of aliphatic hydroxyl groups is 1. The van der Waals surface area contributed by atoms with E-state index in [0.717, 1.165) is 36.2 Å². The van der Waals surface area contributed by atoms with Crippen LogP contribution < -0.4 is 5.32 Å². The number of piperazine rings is 1. The molecule has 0 amide bonds. The van der Waals surface area contributed by atoms with Crippen LogP contribution in [-0.4, -0.2) is 42.7 Å². The molecule has 0 radical (unpaired) electrons. The van der Waals surface area contributed by atoms with Crippen molar-refractivity contribution in [3.05, 3.63) is 34.3 Å². The van der Waals surface area contributed by atoms with E-state index in [9.17, 15) is 5.11 Å². The average Bonchev–Trinajstić information content (AvgIpc) is 2.31. The summed E-state index contributed by atoms with van der Waals surface area (Å²) in [6.07, 6.45) is -0.409. The zero-order valence-electron chi connectivity index (χ0n) is 9.19. The molecule has 1 aromatic rings. The predicted molar refractivity (Wildman–Crippen MR) is 68.4 cm³/mol. The third kappa shape index (κ3) is 3.04. The van der Waals surface area contributed by atoms with Gasteiger partial charge in [0, 0.05) is 37.2 Å². The van der Waals surface area contributed by atoms with Crippen molar-refractivity contribution in [3.8, 4) is 0 Å². The Morgan fingerprint density at radius 3 is 2.69 bits per heavy atom. The molecule has 1 aliphatic rings.